The molecule has 1 aliphatic rings. The zero-order valence-electron chi connectivity index (χ0n) is 12.1. The molecule has 110 valence electrons. The van der Waals surface area contributed by atoms with Gasteiger partial charge in [-0.25, -0.2) is 0 Å². The summed E-state index contributed by atoms with van der Waals surface area (Å²) in [6.07, 6.45) is 4.61. The standard InChI is InChI=1S/C15H22BrN3S/c1-17-14(18-8-9-20-2)19-11-15(6-7-15)12-4-3-5-13(16)10-12/h3-5,10H,6-9,11H2,1-2H3,(H2,17,18,19). The number of nitrogens with one attached hydrogen (secondary N) is 2. The average Bonchev–Trinajstić information content (AvgIpc) is 3.24. The van der Waals surface area contributed by atoms with E-state index in [2.05, 4.69) is 62.1 Å². The lowest BCUT2D eigenvalue weighted by atomic mass is 9.96. The van der Waals surface area contributed by atoms with Crippen LogP contribution in [0.2, 0.25) is 0 Å². The summed E-state index contributed by atoms with van der Waals surface area (Å²) in [4.78, 5) is 4.28. The zero-order valence-corrected chi connectivity index (χ0v) is 14.5. The van der Waals surface area contributed by atoms with E-state index in [1.54, 1.807) is 0 Å². The van der Waals surface area contributed by atoms with E-state index in [9.17, 15) is 0 Å². The third-order valence-corrected chi connectivity index (χ3v) is 4.81. The number of rotatable bonds is 6. The fourth-order valence-corrected chi connectivity index (χ4v) is 2.99. The Bertz CT molecular complexity index is 472. The number of benzene rings is 1. The molecule has 1 aliphatic carbocycles. The number of thioether (sulfide) groups is 1. The molecule has 0 spiro atoms. The zero-order chi connectivity index (χ0) is 14.4. The number of hydrogen-bond acceptors (Lipinski definition) is 2. The van der Waals surface area contributed by atoms with Gasteiger partial charge in [0.2, 0.25) is 0 Å². The third kappa shape index (κ3) is 4.16. The van der Waals surface area contributed by atoms with Gasteiger partial charge in [-0.15, -0.1) is 0 Å². The smallest absolute Gasteiger partial charge is 0.191 e. The first kappa shape index (κ1) is 15.7. The maximum atomic E-state index is 4.28. The van der Waals surface area contributed by atoms with Crippen LogP contribution in [0.5, 0.6) is 0 Å². The molecule has 20 heavy (non-hydrogen) atoms. The van der Waals surface area contributed by atoms with Crippen LogP contribution in [0.4, 0.5) is 0 Å². The van der Waals surface area contributed by atoms with E-state index in [-0.39, 0.29) is 0 Å². The highest BCUT2D eigenvalue weighted by Crippen LogP contribution is 2.48. The summed E-state index contributed by atoms with van der Waals surface area (Å²) in [7, 11) is 1.83. The van der Waals surface area contributed by atoms with E-state index in [1.165, 1.54) is 18.4 Å². The highest BCUT2D eigenvalue weighted by molar-refractivity contribution is 9.10. The predicted octanol–water partition coefficient (Wildman–Crippen LogP) is 3.01. The highest BCUT2D eigenvalue weighted by atomic mass is 79.9. The Morgan fingerprint density at radius 3 is 2.80 bits per heavy atom. The van der Waals surface area contributed by atoms with Crippen LogP contribution in [-0.4, -0.2) is 38.1 Å². The maximum Gasteiger partial charge on any atom is 0.191 e. The van der Waals surface area contributed by atoms with Crippen LogP contribution in [0.1, 0.15) is 18.4 Å². The monoisotopic (exact) mass is 355 g/mol. The second-order valence-electron chi connectivity index (χ2n) is 5.14. The first-order valence-corrected chi connectivity index (χ1v) is 9.08. The van der Waals surface area contributed by atoms with Gasteiger partial charge in [0.25, 0.3) is 0 Å². The van der Waals surface area contributed by atoms with Crippen LogP contribution in [0.25, 0.3) is 0 Å². The SMILES string of the molecule is CN=C(NCCSC)NCC1(c2cccc(Br)c2)CC1. The van der Waals surface area contributed by atoms with Gasteiger partial charge < -0.3 is 10.6 Å². The Labute approximate surface area is 134 Å². The van der Waals surface area contributed by atoms with Gasteiger partial charge in [-0.1, -0.05) is 28.1 Å². The Balaban J connectivity index is 1.89. The van der Waals surface area contributed by atoms with Gasteiger partial charge in [0.05, 0.1) is 0 Å². The molecule has 2 N–H and O–H groups in total. The van der Waals surface area contributed by atoms with Crippen LogP contribution in [0.15, 0.2) is 33.7 Å². The third-order valence-electron chi connectivity index (χ3n) is 3.71. The van der Waals surface area contributed by atoms with E-state index in [0.29, 0.717) is 5.41 Å². The summed E-state index contributed by atoms with van der Waals surface area (Å²) in [5.74, 6) is 2.00. The molecule has 1 aromatic carbocycles. The molecule has 1 aromatic rings. The second kappa shape index (κ2) is 7.36. The Morgan fingerprint density at radius 1 is 1.40 bits per heavy atom. The normalized spacial score (nSPS) is 16.9. The fourth-order valence-electron chi connectivity index (χ4n) is 2.28. The summed E-state index contributed by atoms with van der Waals surface area (Å²) < 4.78 is 1.16. The Kier molecular flexibility index (Phi) is 5.78. The van der Waals surface area contributed by atoms with Crippen LogP contribution in [0.3, 0.4) is 0 Å². The second-order valence-corrected chi connectivity index (χ2v) is 7.04. The van der Waals surface area contributed by atoms with Crippen molar-refractivity contribution in [3.8, 4) is 0 Å². The molecule has 0 unspecified atom stereocenters. The highest BCUT2D eigenvalue weighted by Gasteiger charge is 2.44. The molecule has 2 rings (SSSR count). The first-order valence-electron chi connectivity index (χ1n) is 6.90. The number of hydrogen-bond donors (Lipinski definition) is 2. The van der Waals surface area contributed by atoms with Crippen LogP contribution in [-0.2, 0) is 5.41 Å². The summed E-state index contributed by atoms with van der Waals surface area (Å²) in [6.45, 7) is 1.90. The number of aliphatic imine (C=N–C) groups is 1. The van der Waals surface area contributed by atoms with Crippen molar-refractivity contribution in [2.45, 2.75) is 18.3 Å². The predicted molar refractivity (Wildman–Crippen MR) is 92.8 cm³/mol. The van der Waals surface area contributed by atoms with Crippen molar-refractivity contribution in [1.82, 2.24) is 10.6 Å². The summed E-state index contributed by atoms with van der Waals surface area (Å²) >= 11 is 5.40. The topological polar surface area (TPSA) is 36.4 Å². The van der Waals surface area contributed by atoms with Crippen molar-refractivity contribution in [2.24, 2.45) is 4.99 Å². The van der Waals surface area contributed by atoms with Gasteiger partial charge in [0.15, 0.2) is 5.96 Å². The van der Waals surface area contributed by atoms with E-state index < -0.39 is 0 Å². The van der Waals surface area contributed by atoms with Crippen LogP contribution in [0, 0.1) is 0 Å². The van der Waals surface area contributed by atoms with Crippen LogP contribution < -0.4 is 10.6 Å². The molecule has 0 bridgehead atoms. The minimum Gasteiger partial charge on any atom is -0.356 e. The first-order chi connectivity index (χ1) is 9.70. The van der Waals surface area contributed by atoms with Crippen molar-refractivity contribution in [3.63, 3.8) is 0 Å². The van der Waals surface area contributed by atoms with Crippen molar-refractivity contribution >= 4 is 33.7 Å². The van der Waals surface area contributed by atoms with Crippen LogP contribution >= 0.6 is 27.7 Å². The lowest BCUT2D eigenvalue weighted by Gasteiger charge is -2.19. The lowest BCUT2D eigenvalue weighted by Crippen LogP contribution is -2.42. The van der Waals surface area contributed by atoms with Gasteiger partial charge in [-0.3, -0.25) is 4.99 Å². The molecule has 0 aliphatic heterocycles. The molecule has 0 amide bonds. The minimum absolute atomic E-state index is 0.293. The molecule has 0 aromatic heterocycles. The number of nitrogens with zero attached hydrogens (tertiary/aromatic N) is 1. The van der Waals surface area contributed by atoms with Gasteiger partial charge in [0.1, 0.15) is 0 Å². The molecule has 1 saturated carbocycles. The van der Waals surface area contributed by atoms with Crippen molar-refractivity contribution in [1.29, 1.82) is 0 Å². The van der Waals surface area contributed by atoms with Crippen molar-refractivity contribution < 1.29 is 0 Å². The summed E-state index contributed by atoms with van der Waals surface area (Å²) in [5.41, 5.74) is 1.71. The van der Waals surface area contributed by atoms with Crippen molar-refractivity contribution in [2.75, 3.05) is 32.1 Å². The fraction of sp³-hybridized carbons (Fsp3) is 0.533. The molecule has 0 atom stereocenters. The molecular formula is C15H22BrN3S. The largest absolute Gasteiger partial charge is 0.356 e. The summed E-state index contributed by atoms with van der Waals surface area (Å²) in [5, 5.41) is 6.81. The van der Waals surface area contributed by atoms with E-state index >= 15 is 0 Å². The Hall–Kier alpha value is -0.680. The molecule has 5 heteroatoms. The number of halogens is 1. The molecule has 0 radical (unpaired) electrons. The number of guanidine groups is 1. The van der Waals surface area contributed by atoms with E-state index in [0.717, 1.165) is 29.3 Å². The molecular weight excluding hydrogens is 334 g/mol. The molecule has 3 nitrogen and oxygen atoms in total. The van der Waals surface area contributed by atoms with Gasteiger partial charge in [-0.2, -0.15) is 11.8 Å². The Morgan fingerprint density at radius 2 is 2.20 bits per heavy atom. The molecule has 1 fully saturated rings. The molecule has 0 saturated heterocycles. The van der Waals surface area contributed by atoms with Gasteiger partial charge in [0, 0.05) is 35.8 Å². The van der Waals surface area contributed by atoms with E-state index in [4.69, 9.17) is 0 Å². The minimum atomic E-state index is 0.293. The van der Waals surface area contributed by atoms with E-state index in [1.807, 2.05) is 18.8 Å². The quantitative estimate of drug-likeness (QED) is 0.467. The molecule has 0 heterocycles. The lowest BCUT2D eigenvalue weighted by molar-refractivity contribution is 0.647. The summed E-state index contributed by atoms with van der Waals surface area (Å²) in [6, 6.07) is 8.66. The van der Waals surface area contributed by atoms with Gasteiger partial charge in [-0.05, 0) is 36.8 Å². The maximum absolute atomic E-state index is 4.28. The average molecular weight is 356 g/mol. The van der Waals surface area contributed by atoms with Crippen molar-refractivity contribution in [3.05, 3.63) is 34.3 Å². The van der Waals surface area contributed by atoms with Gasteiger partial charge >= 0.3 is 0 Å².